The van der Waals surface area contributed by atoms with Crippen LogP contribution in [0.2, 0.25) is 0 Å². The van der Waals surface area contributed by atoms with Crippen LogP contribution >= 0.6 is 0 Å². The van der Waals surface area contributed by atoms with Gasteiger partial charge < -0.3 is 24.3 Å². The largest absolute Gasteiger partial charge is 0.463 e. The summed E-state index contributed by atoms with van der Waals surface area (Å²) in [6.07, 6.45) is -2.82. The van der Waals surface area contributed by atoms with Crippen molar-refractivity contribution in [2.45, 2.75) is 77.9 Å². The zero-order valence-corrected chi connectivity index (χ0v) is 19.1. The highest BCUT2D eigenvalue weighted by atomic mass is 16.7. The number of aromatic nitrogens is 2. The number of nitrogens with one attached hydrogen (secondary N) is 1. The third kappa shape index (κ3) is 6.85. The Labute approximate surface area is 190 Å². The Morgan fingerprint density at radius 1 is 0.970 bits per heavy atom. The van der Waals surface area contributed by atoms with Gasteiger partial charge in [-0.2, -0.15) is 4.98 Å². The lowest BCUT2D eigenvalue weighted by molar-refractivity contribution is -0.169. The highest BCUT2D eigenvalue weighted by Crippen LogP contribution is 2.34. The summed E-state index contributed by atoms with van der Waals surface area (Å²) < 4.78 is 23.0. The molecule has 0 unspecified atom stereocenters. The van der Waals surface area contributed by atoms with Crippen molar-refractivity contribution in [3.8, 4) is 0 Å². The molecule has 2 heterocycles. The minimum Gasteiger partial charge on any atom is -0.463 e. The second-order valence-corrected chi connectivity index (χ2v) is 7.12. The molecule has 0 saturated carbocycles. The molecule has 1 aromatic rings. The van der Waals surface area contributed by atoms with Gasteiger partial charge in [-0.05, 0) is 6.07 Å². The Hall–Kier alpha value is -3.28. The van der Waals surface area contributed by atoms with Crippen LogP contribution in [0.3, 0.4) is 0 Å². The summed E-state index contributed by atoms with van der Waals surface area (Å²) in [6, 6.07) is 1.38. The number of ether oxygens (including phenoxy) is 4. The molecule has 0 spiro atoms. The first-order chi connectivity index (χ1) is 15.7. The van der Waals surface area contributed by atoms with Gasteiger partial charge in [-0.1, -0.05) is 27.7 Å². The summed E-state index contributed by atoms with van der Waals surface area (Å²) in [5.41, 5.74) is -0.793. The molecule has 1 aliphatic rings. The third-order valence-electron chi connectivity index (χ3n) is 4.79. The Bertz CT molecular complexity index is 930. The smallest absolute Gasteiger partial charge is 0.351 e. The first-order valence-electron chi connectivity index (χ1n) is 10.8. The quantitative estimate of drug-likeness (QED) is 0.391. The van der Waals surface area contributed by atoms with E-state index in [1.54, 1.807) is 27.7 Å². The van der Waals surface area contributed by atoms with Crippen LogP contribution in [0, 0.1) is 0 Å². The number of nitrogens with zero attached hydrogens (tertiary/aromatic N) is 2. The molecule has 0 aromatic carbocycles. The van der Waals surface area contributed by atoms with Crippen LogP contribution in [-0.4, -0.2) is 58.3 Å². The summed E-state index contributed by atoms with van der Waals surface area (Å²) >= 11 is 0. The first kappa shape index (κ1) is 26.0. The Balaban J connectivity index is 2.41. The van der Waals surface area contributed by atoms with Crippen LogP contribution in [0.1, 0.15) is 59.6 Å². The molecule has 1 saturated heterocycles. The van der Waals surface area contributed by atoms with Crippen molar-refractivity contribution in [2.24, 2.45) is 0 Å². The van der Waals surface area contributed by atoms with E-state index in [-0.39, 0.29) is 44.0 Å². The summed E-state index contributed by atoms with van der Waals surface area (Å²) in [7, 11) is 0. The number of hydrogen-bond acceptors (Lipinski definition) is 10. The lowest BCUT2D eigenvalue weighted by Crippen LogP contribution is -2.42. The molecule has 1 fully saturated rings. The number of carbonyl (C=O) groups is 4. The zero-order chi connectivity index (χ0) is 24.5. The van der Waals surface area contributed by atoms with Crippen molar-refractivity contribution in [2.75, 3.05) is 11.9 Å². The van der Waals surface area contributed by atoms with Gasteiger partial charge in [0, 0.05) is 31.9 Å². The van der Waals surface area contributed by atoms with Gasteiger partial charge in [0.1, 0.15) is 18.5 Å². The third-order valence-corrected chi connectivity index (χ3v) is 4.79. The highest BCUT2D eigenvalue weighted by molar-refractivity contribution is 5.89. The van der Waals surface area contributed by atoms with E-state index in [0.717, 1.165) is 4.57 Å². The fourth-order valence-electron chi connectivity index (χ4n) is 2.99. The molecule has 0 radical (unpaired) electrons. The maximum Gasteiger partial charge on any atom is 0.351 e. The van der Waals surface area contributed by atoms with E-state index < -0.39 is 48.1 Å². The van der Waals surface area contributed by atoms with Crippen LogP contribution in [-0.2, 0) is 38.1 Å². The van der Waals surface area contributed by atoms with Gasteiger partial charge in [0.05, 0.1) is 0 Å². The van der Waals surface area contributed by atoms with Crippen molar-refractivity contribution in [3.05, 3.63) is 22.7 Å². The molecule has 12 nitrogen and oxygen atoms in total. The molecule has 0 bridgehead atoms. The molecule has 2 rings (SSSR count). The predicted octanol–water partition coefficient (Wildman–Crippen LogP) is 1.09. The van der Waals surface area contributed by atoms with Gasteiger partial charge in [0.25, 0.3) is 0 Å². The number of hydrogen-bond donors (Lipinski definition) is 1. The number of esters is 3. The standard InChI is InChI=1S/C21H29N3O9/c1-5-14(25)22-13-9-10-24(21(29)23-13)20-19(33-17(28)8-4)18(32-16(27)7-3)12(31-20)11-30-15(26)6-2/h9-10,12,18-20H,5-8,11H2,1-4H3,(H,22,23,25,29)/t12-,18-,19-,20-/m1/s1. The van der Waals surface area contributed by atoms with E-state index in [1.807, 2.05) is 0 Å². The lowest BCUT2D eigenvalue weighted by Gasteiger charge is -2.24. The highest BCUT2D eigenvalue weighted by Gasteiger charge is 2.51. The molecule has 4 atom stereocenters. The molecular formula is C21H29N3O9. The molecule has 1 aromatic heterocycles. The first-order valence-corrected chi connectivity index (χ1v) is 10.8. The van der Waals surface area contributed by atoms with E-state index in [9.17, 15) is 24.0 Å². The van der Waals surface area contributed by atoms with Crippen LogP contribution in [0.15, 0.2) is 17.1 Å². The average Bonchev–Trinajstić information content (AvgIpc) is 3.13. The van der Waals surface area contributed by atoms with Crippen molar-refractivity contribution in [1.29, 1.82) is 0 Å². The van der Waals surface area contributed by atoms with E-state index in [2.05, 4.69) is 10.3 Å². The average molecular weight is 467 g/mol. The fraction of sp³-hybridized carbons (Fsp3) is 0.619. The van der Waals surface area contributed by atoms with Gasteiger partial charge in [-0.15, -0.1) is 0 Å². The summed E-state index contributed by atoms with van der Waals surface area (Å²) in [5.74, 6) is -1.97. The summed E-state index contributed by atoms with van der Waals surface area (Å²) in [5, 5.41) is 2.48. The minimum absolute atomic E-state index is 0.0300. The Kier molecular flexibility index (Phi) is 9.52. The molecule has 12 heteroatoms. The van der Waals surface area contributed by atoms with Gasteiger partial charge in [-0.25, -0.2) is 4.79 Å². The Morgan fingerprint density at radius 2 is 1.58 bits per heavy atom. The number of amides is 1. The molecule has 182 valence electrons. The van der Waals surface area contributed by atoms with Gasteiger partial charge in [0.15, 0.2) is 18.4 Å². The zero-order valence-electron chi connectivity index (χ0n) is 19.1. The second kappa shape index (κ2) is 12.1. The number of rotatable bonds is 10. The molecular weight excluding hydrogens is 438 g/mol. The summed E-state index contributed by atoms with van der Waals surface area (Å²) in [6.45, 7) is 6.16. The van der Waals surface area contributed by atoms with Crippen LogP contribution < -0.4 is 11.0 Å². The Morgan fingerprint density at radius 3 is 2.12 bits per heavy atom. The second-order valence-electron chi connectivity index (χ2n) is 7.12. The molecule has 1 aliphatic heterocycles. The van der Waals surface area contributed by atoms with Crippen molar-refractivity contribution in [3.63, 3.8) is 0 Å². The van der Waals surface area contributed by atoms with E-state index >= 15 is 0 Å². The monoisotopic (exact) mass is 467 g/mol. The molecule has 0 aliphatic carbocycles. The van der Waals surface area contributed by atoms with Crippen molar-refractivity contribution in [1.82, 2.24) is 9.55 Å². The van der Waals surface area contributed by atoms with E-state index in [4.69, 9.17) is 18.9 Å². The SMILES string of the molecule is CCC(=O)Nc1ccn([C@@H]2O[C@H](COC(=O)CC)[C@@H](OC(=O)CC)[C@H]2OC(=O)CC)c(=O)n1. The molecule has 1 amide bonds. The number of anilines is 1. The topological polar surface area (TPSA) is 152 Å². The summed E-state index contributed by atoms with van der Waals surface area (Å²) in [4.78, 5) is 63.9. The fourth-order valence-corrected chi connectivity index (χ4v) is 2.99. The van der Waals surface area contributed by atoms with Crippen LogP contribution in [0.25, 0.3) is 0 Å². The van der Waals surface area contributed by atoms with E-state index in [1.165, 1.54) is 12.3 Å². The minimum atomic E-state index is -1.21. The van der Waals surface area contributed by atoms with Crippen molar-refractivity contribution >= 4 is 29.6 Å². The molecule has 1 N–H and O–H groups in total. The van der Waals surface area contributed by atoms with Gasteiger partial charge in [-0.3, -0.25) is 23.7 Å². The van der Waals surface area contributed by atoms with E-state index in [0.29, 0.717) is 0 Å². The molecule has 33 heavy (non-hydrogen) atoms. The van der Waals surface area contributed by atoms with Gasteiger partial charge in [0.2, 0.25) is 5.91 Å². The van der Waals surface area contributed by atoms with Crippen LogP contribution in [0.5, 0.6) is 0 Å². The normalized spacial score (nSPS) is 21.8. The maximum absolute atomic E-state index is 12.7. The van der Waals surface area contributed by atoms with Crippen molar-refractivity contribution < 1.29 is 38.1 Å². The van der Waals surface area contributed by atoms with Crippen LogP contribution in [0.4, 0.5) is 5.82 Å². The lowest BCUT2D eigenvalue weighted by atomic mass is 10.1. The maximum atomic E-state index is 12.7. The number of carbonyl (C=O) groups excluding carboxylic acids is 4. The predicted molar refractivity (Wildman–Crippen MR) is 113 cm³/mol. The van der Waals surface area contributed by atoms with Gasteiger partial charge >= 0.3 is 23.6 Å².